The fraction of sp³-hybridized carbons (Fsp3) is 0.562. The van der Waals surface area contributed by atoms with Crippen molar-refractivity contribution >= 4 is 11.6 Å². The molecule has 0 aliphatic carbocycles. The second kappa shape index (κ2) is 5.24. The molecule has 1 aromatic rings. The Morgan fingerprint density at radius 3 is 2.32 bits per heavy atom. The van der Waals surface area contributed by atoms with Gasteiger partial charge in [0.2, 0.25) is 5.91 Å². The highest BCUT2D eigenvalue weighted by Crippen LogP contribution is 2.33. The molecule has 1 amide bonds. The number of hydrogen-bond donors (Lipinski definition) is 1. The van der Waals surface area contributed by atoms with E-state index in [1.807, 2.05) is 0 Å². The van der Waals surface area contributed by atoms with Crippen LogP contribution in [0.5, 0.6) is 0 Å². The molecule has 0 bridgehead atoms. The lowest BCUT2D eigenvalue weighted by Gasteiger charge is -2.45. The molecule has 0 radical (unpaired) electrons. The maximum Gasteiger partial charge on any atom is 0.239 e. The third kappa shape index (κ3) is 2.60. The van der Waals surface area contributed by atoms with Crippen LogP contribution < -0.4 is 10.2 Å². The molecule has 3 nitrogen and oxygen atoms in total. The molecular formula is C16H24N2O. The molecule has 0 saturated carbocycles. The Morgan fingerprint density at radius 1 is 1.21 bits per heavy atom. The number of amides is 1. The van der Waals surface area contributed by atoms with Crippen molar-refractivity contribution in [3.63, 3.8) is 0 Å². The highest BCUT2D eigenvalue weighted by molar-refractivity contribution is 5.84. The second-order valence-electron chi connectivity index (χ2n) is 5.81. The average molecular weight is 260 g/mol. The van der Waals surface area contributed by atoms with Gasteiger partial charge in [-0.05, 0) is 37.8 Å². The number of aryl methyl sites for hydroxylation is 2. The molecule has 104 valence electrons. The van der Waals surface area contributed by atoms with E-state index in [0.29, 0.717) is 13.1 Å². The number of para-hydroxylation sites is 1. The highest BCUT2D eigenvalue weighted by atomic mass is 16.2. The lowest BCUT2D eigenvalue weighted by atomic mass is 9.94. The third-order valence-electron chi connectivity index (χ3n) is 3.99. The zero-order chi connectivity index (χ0) is 14.0. The van der Waals surface area contributed by atoms with Gasteiger partial charge in [-0.1, -0.05) is 32.0 Å². The summed E-state index contributed by atoms with van der Waals surface area (Å²) in [6.07, 6.45) is 1.99. The summed E-state index contributed by atoms with van der Waals surface area (Å²) in [6, 6.07) is 6.48. The minimum absolute atomic E-state index is 0.0386. The Hall–Kier alpha value is -1.51. The number of carbonyl (C=O) groups is 1. The van der Waals surface area contributed by atoms with Crippen molar-refractivity contribution < 1.29 is 4.79 Å². The molecule has 0 unspecified atom stereocenters. The van der Waals surface area contributed by atoms with Crippen LogP contribution >= 0.6 is 0 Å². The molecule has 1 saturated heterocycles. The second-order valence-corrected chi connectivity index (χ2v) is 5.81. The van der Waals surface area contributed by atoms with Crippen LogP contribution in [0.1, 0.15) is 38.8 Å². The number of nitrogens with one attached hydrogen (secondary N) is 1. The molecule has 1 heterocycles. The van der Waals surface area contributed by atoms with Crippen LogP contribution in [0.4, 0.5) is 5.69 Å². The molecule has 1 fully saturated rings. The molecule has 0 aromatic heterocycles. The summed E-state index contributed by atoms with van der Waals surface area (Å²) >= 11 is 0. The van der Waals surface area contributed by atoms with Gasteiger partial charge in [0.15, 0.2) is 0 Å². The molecule has 19 heavy (non-hydrogen) atoms. The van der Waals surface area contributed by atoms with Crippen LogP contribution in [0.2, 0.25) is 0 Å². The van der Waals surface area contributed by atoms with Crippen molar-refractivity contribution in [3.8, 4) is 0 Å². The summed E-state index contributed by atoms with van der Waals surface area (Å²) in [4.78, 5) is 14.1. The van der Waals surface area contributed by atoms with Crippen LogP contribution in [0.15, 0.2) is 18.2 Å². The van der Waals surface area contributed by atoms with Gasteiger partial charge in [-0.25, -0.2) is 0 Å². The average Bonchev–Trinajstić information content (AvgIpc) is 2.40. The van der Waals surface area contributed by atoms with Gasteiger partial charge < -0.3 is 10.2 Å². The smallest absolute Gasteiger partial charge is 0.239 e. The Morgan fingerprint density at radius 2 is 1.79 bits per heavy atom. The first kappa shape index (κ1) is 13.9. The molecular weight excluding hydrogens is 236 g/mol. The van der Waals surface area contributed by atoms with E-state index in [-0.39, 0.29) is 11.4 Å². The summed E-state index contributed by atoms with van der Waals surface area (Å²) < 4.78 is 0. The van der Waals surface area contributed by atoms with E-state index in [1.54, 1.807) is 0 Å². The van der Waals surface area contributed by atoms with E-state index in [1.165, 1.54) is 16.8 Å². The molecule has 1 aliphatic rings. The number of anilines is 1. The minimum atomic E-state index is -0.0386. The molecule has 0 spiro atoms. The monoisotopic (exact) mass is 260 g/mol. The van der Waals surface area contributed by atoms with Gasteiger partial charge in [0, 0.05) is 12.2 Å². The van der Waals surface area contributed by atoms with Crippen molar-refractivity contribution in [1.29, 1.82) is 0 Å². The van der Waals surface area contributed by atoms with Gasteiger partial charge in [-0.3, -0.25) is 4.79 Å². The molecule has 2 rings (SSSR count). The molecule has 3 heteroatoms. The van der Waals surface area contributed by atoms with Crippen molar-refractivity contribution in [2.24, 2.45) is 0 Å². The lowest BCUT2D eigenvalue weighted by Crippen LogP contribution is -2.61. The van der Waals surface area contributed by atoms with Crippen LogP contribution in [-0.4, -0.2) is 24.5 Å². The SMILES string of the molecule is CCc1cccc(CC)c1N1CC(=O)NCC1(C)C. The van der Waals surface area contributed by atoms with E-state index >= 15 is 0 Å². The first-order chi connectivity index (χ1) is 8.99. The van der Waals surface area contributed by atoms with Crippen molar-refractivity contribution in [1.82, 2.24) is 5.32 Å². The van der Waals surface area contributed by atoms with Crippen LogP contribution in [0, 0.1) is 0 Å². The summed E-state index contributed by atoms with van der Waals surface area (Å²) in [5.41, 5.74) is 3.90. The van der Waals surface area contributed by atoms with E-state index in [9.17, 15) is 4.79 Å². The number of benzene rings is 1. The van der Waals surface area contributed by atoms with Gasteiger partial charge in [0.1, 0.15) is 0 Å². The maximum atomic E-state index is 11.8. The maximum absolute atomic E-state index is 11.8. The zero-order valence-corrected chi connectivity index (χ0v) is 12.4. The number of piperazine rings is 1. The molecule has 1 aromatic carbocycles. The summed E-state index contributed by atoms with van der Waals surface area (Å²) in [5, 5.41) is 2.97. The van der Waals surface area contributed by atoms with Gasteiger partial charge in [0.25, 0.3) is 0 Å². The van der Waals surface area contributed by atoms with Gasteiger partial charge in [-0.2, -0.15) is 0 Å². The first-order valence-corrected chi connectivity index (χ1v) is 7.14. The first-order valence-electron chi connectivity index (χ1n) is 7.14. The quantitative estimate of drug-likeness (QED) is 0.905. The highest BCUT2D eigenvalue weighted by Gasteiger charge is 2.35. The van der Waals surface area contributed by atoms with E-state index in [4.69, 9.17) is 0 Å². The summed E-state index contributed by atoms with van der Waals surface area (Å²) in [6.45, 7) is 9.89. The predicted molar refractivity (Wildman–Crippen MR) is 79.6 cm³/mol. The number of rotatable bonds is 3. The Bertz CT molecular complexity index is 457. The minimum Gasteiger partial charge on any atom is -0.355 e. The Kier molecular flexibility index (Phi) is 3.83. The van der Waals surface area contributed by atoms with Crippen LogP contribution in [0.25, 0.3) is 0 Å². The lowest BCUT2D eigenvalue weighted by molar-refractivity contribution is -0.121. The molecule has 0 atom stereocenters. The third-order valence-corrected chi connectivity index (χ3v) is 3.99. The van der Waals surface area contributed by atoms with Crippen molar-refractivity contribution in [2.45, 2.75) is 46.1 Å². The molecule has 1 aliphatic heterocycles. The number of hydrogen-bond acceptors (Lipinski definition) is 2. The van der Waals surface area contributed by atoms with E-state index in [0.717, 1.165) is 12.8 Å². The van der Waals surface area contributed by atoms with E-state index in [2.05, 4.69) is 56.1 Å². The Labute approximate surface area is 116 Å². The molecule has 1 N–H and O–H groups in total. The van der Waals surface area contributed by atoms with Gasteiger partial charge in [-0.15, -0.1) is 0 Å². The van der Waals surface area contributed by atoms with Crippen LogP contribution in [-0.2, 0) is 17.6 Å². The van der Waals surface area contributed by atoms with Crippen molar-refractivity contribution in [3.05, 3.63) is 29.3 Å². The largest absolute Gasteiger partial charge is 0.355 e. The standard InChI is InChI=1S/C16H24N2O/c1-5-12-8-7-9-13(6-2)15(12)18-10-14(19)17-11-16(18,3)4/h7-9H,5-6,10-11H2,1-4H3,(H,17,19). The van der Waals surface area contributed by atoms with Crippen molar-refractivity contribution in [2.75, 3.05) is 18.0 Å². The number of nitrogens with zero attached hydrogens (tertiary/aromatic N) is 1. The summed E-state index contributed by atoms with van der Waals surface area (Å²) in [5.74, 6) is 0.118. The predicted octanol–water partition coefficient (Wildman–Crippen LogP) is 2.53. The normalized spacial score (nSPS) is 18.3. The van der Waals surface area contributed by atoms with E-state index < -0.39 is 0 Å². The fourth-order valence-electron chi connectivity index (χ4n) is 2.77. The Balaban J connectivity index is 2.52. The number of carbonyl (C=O) groups excluding carboxylic acids is 1. The van der Waals surface area contributed by atoms with Crippen LogP contribution in [0.3, 0.4) is 0 Å². The topological polar surface area (TPSA) is 32.3 Å². The van der Waals surface area contributed by atoms with Gasteiger partial charge >= 0.3 is 0 Å². The van der Waals surface area contributed by atoms with Gasteiger partial charge in [0.05, 0.1) is 12.1 Å². The summed E-state index contributed by atoms with van der Waals surface area (Å²) in [7, 11) is 0. The zero-order valence-electron chi connectivity index (χ0n) is 12.4. The fourth-order valence-corrected chi connectivity index (χ4v) is 2.77.